The van der Waals surface area contributed by atoms with Crippen molar-refractivity contribution in [2.45, 2.75) is 58.2 Å². The van der Waals surface area contributed by atoms with E-state index < -0.39 is 0 Å². The van der Waals surface area contributed by atoms with E-state index in [-0.39, 0.29) is 0 Å². The van der Waals surface area contributed by atoms with Gasteiger partial charge in [0.05, 0.1) is 12.3 Å². The summed E-state index contributed by atoms with van der Waals surface area (Å²) in [7, 11) is 0. The molecule has 2 rings (SSSR count). The highest BCUT2D eigenvalue weighted by molar-refractivity contribution is 5.03. The first-order valence-electron chi connectivity index (χ1n) is 7.24. The van der Waals surface area contributed by atoms with E-state index in [0.717, 1.165) is 18.8 Å². The van der Waals surface area contributed by atoms with Crippen molar-refractivity contribution < 1.29 is 4.42 Å². The maximum Gasteiger partial charge on any atom is 0.120 e. The zero-order valence-corrected chi connectivity index (χ0v) is 11.9. The Labute approximate surface area is 111 Å². The zero-order chi connectivity index (χ0) is 13.0. The highest BCUT2D eigenvalue weighted by Gasteiger charge is 2.22. The van der Waals surface area contributed by atoms with Crippen molar-refractivity contribution >= 4 is 0 Å². The predicted octanol–water partition coefficient (Wildman–Crippen LogP) is 3.19. The molecule has 1 fully saturated rings. The van der Waals surface area contributed by atoms with E-state index in [0.29, 0.717) is 18.1 Å². The first-order valence-corrected chi connectivity index (χ1v) is 7.24. The summed E-state index contributed by atoms with van der Waals surface area (Å²) in [6, 6.07) is 5.73. The van der Waals surface area contributed by atoms with Crippen LogP contribution in [0.4, 0.5) is 0 Å². The van der Waals surface area contributed by atoms with E-state index in [1.54, 1.807) is 6.26 Å². The smallest absolute Gasteiger partial charge is 0.120 e. The van der Waals surface area contributed by atoms with Crippen molar-refractivity contribution in [2.75, 3.05) is 13.1 Å². The number of nitrogens with zero attached hydrogens (tertiary/aromatic N) is 1. The van der Waals surface area contributed by atoms with Crippen molar-refractivity contribution in [3.8, 4) is 0 Å². The van der Waals surface area contributed by atoms with Crippen LogP contribution in [0.5, 0.6) is 0 Å². The Kier molecular flexibility index (Phi) is 4.84. The van der Waals surface area contributed by atoms with Crippen LogP contribution in [-0.4, -0.2) is 30.1 Å². The van der Waals surface area contributed by atoms with E-state index in [9.17, 15) is 0 Å². The fraction of sp³-hybridized carbons (Fsp3) is 0.733. The van der Waals surface area contributed by atoms with Crippen molar-refractivity contribution in [3.63, 3.8) is 0 Å². The molecule has 1 aliphatic rings. The summed E-state index contributed by atoms with van der Waals surface area (Å²) in [6.45, 7) is 9.11. The van der Waals surface area contributed by atoms with Crippen LogP contribution < -0.4 is 5.32 Å². The second-order valence-corrected chi connectivity index (χ2v) is 5.48. The third-order valence-corrected chi connectivity index (χ3v) is 4.13. The van der Waals surface area contributed by atoms with Gasteiger partial charge in [0.15, 0.2) is 0 Å². The van der Waals surface area contributed by atoms with E-state index >= 15 is 0 Å². The molecule has 1 N–H and O–H groups in total. The molecule has 0 saturated carbocycles. The lowest BCUT2D eigenvalue weighted by Crippen LogP contribution is -2.44. The molecule has 3 nitrogen and oxygen atoms in total. The molecule has 0 amide bonds. The molecule has 3 unspecified atom stereocenters. The second kappa shape index (κ2) is 6.39. The largest absolute Gasteiger partial charge is 0.468 e. The van der Waals surface area contributed by atoms with Gasteiger partial charge in [-0.1, -0.05) is 6.92 Å². The summed E-state index contributed by atoms with van der Waals surface area (Å²) in [4.78, 5) is 2.55. The highest BCUT2D eigenvalue weighted by Crippen LogP contribution is 2.23. The first-order chi connectivity index (χ1) is 8.70. The molecule has 1 aromatic heterocycles. The minimum atomic E-state index is 0.391. The standard InChI is InChI=1S/C15H26N2O/c1-4-14-8-10-17(9-7-12(2)16-14)13(3)15-6-5-11-18-15/h5-6,11-14,16H,4,7-10H2,1-3H3. The van der Waals surface area contributed by atoms with Crippen LogP contribution in [0.1, 0.15) is 51.8 Å². The molecule has 1 aliphatic heterocycles. The summed E-state index contributed by atoms with van der Waals surface area (Å²) in [5.41, 5.74) is 0. The quantitative estimate of drug-likeness (QED) is 0.893. The Bertz CT molecular complexity index is 336. The molecule has 0 spiro atoms. The van der Waals surface area contributed by atoms with Gasteiger partial charge < -0.3 is 9.73 Å². The van der Waals surface area contributed by atoms with Gasteiger partial charge in [0.1, 0.15) is 5.76 Å². The molecular formula is C15H26N2O. The lowest BCUT2D eigenvalue weighted by molar-refractivity contribution is 0.153. The lowest BCUT2D eigenvalue weighted by atomic mass is 10.0. The van der Waals surface area contributed by atoms with E-state index in [1.807, 2.05) is 6.07 Å². The van der Waals surface area contributed by atoms with E-state index in [1.165, 1.54) is 19.3 Å². The van der Waals surface area contributed by atoms with E-state index in [4.69, 9.17) is 4.42 Å². The molecule has 1 saturated heterocycles. The molecule has 1 aromatic rings. The number of hydrogen-bond acceptors (Lipinski definition) is 3. The summed E-state index contributed by atoms with van der Waals surface area (Å²) in [5.74, 6) is 1.09. The van der Waals surface area contributed by atoms with Crippen LogP contribution in [0.2, 0.25) is 0 Å². The SMILES string of the molecule is CCC1CCN(C(C)c2ccco2)CCC(C)N1. The van der Waals surface area contributed by atoms with Crippen LogP contribution in [0.3, 0.4) is 0 Å². The van der Waals surface area contributed by atoms with Crippen molar-refractivity contribution in [1.82, 2.24) is 10.2 Å². The normalized spacial score (nSPS) is 28.6. The van der Waals surface area contributed by atoms with Crippen LogP contribution in [-0.2, 0) is 0 Å². The van der Waals surface area contributed by atoms with Gasteiger partial charge in [-0.25, -0.2) is 0 Å². The maximum absolute atomic E-state index is 5.54. The number of rotatable bonds is 3. The van der Waals surface area contributed by atoms with Crippen molar-refractivity contribution in [3.05, 3.63) is 24.2 Å². The van der Waals surface area contributed by atoms with Crippen molar-refractivity contribution in [1.29, 1.82) is 0 Å². The van der Waals surface area contributed by atoms with Gasteiger partial charge in [-0.15, -0.1) is 0 Å². The molecule has 3 heteroatoms. The molecule has 18 heavy (non-hydrogen) atoms. The summed E-state index contributed by atoms with van der Waals surface area (Å²) >= 11 is 0. The molecule has 0 bridgehead atoms. The lowest BCUT2D eigenvalue weighted by Gasteiger charge is -2.34. The van der Waals surface area contributed by atoms with Gasteiger partial charge in [-0.05, 0) is 45.2 Å². The summed E-state index contributed by atoms with van der Waals surface area (Å²) in [5, 5.41) is 3.71. The van der Waals surface area contributed by atoms with Crippen molar-refractivity contribution in [2.24, 2.45) is 0 Å². The molecule has 0 aromatic carbocycles. The third kappa shape index (κ3) is 3.36. The average molecular weight is 250 g/mol. The second-order valence-electron chi connectivity index (χ2n) is 5.48. The first kappa shape index (κ1) is 13.6. The number of nitrogens with one attached hydrogen (secondary N) is 1. The van der Waals surface area contributed by atoms with Gasteiger partial charge in [-0.3, -0.25) is 4.90 Å². The zero-order valence-electron chi connectivity index (χ0n) is 11.9. The molecule has 0 aliphatic carbocycles. The summed E-state index contributed by atoms with van der Waals surface area (Å²) in [6.07, 6.45) is 5.43. The minimum Gasteiger partial charge on any atom is -0.468 e. The molecule has 0 radical (unpaired) electrons. The molecular weight excluding hydrogens is 224 g/mol. The van der Waals surface area contributed by atoms with Crippen LogP contribution in [0.25, 0.3) is 0 Å². The van der Waals surface area contributed by atoms with E-state index in [2.05, 4.69) is 37.1 Å². The Morgan fingerprint density at radius 3 is 2.89 bits per heavy atom. The van der Waals surface area contributed by atoms with Gasteiger partial charge in [0, 0.05) is 25.2 Å². The monoisotopic (exact) mass is 250 g/mol. The fourth-order valence-electron chi connectivity index (χ4n) is 2.78. The Morgan fingerprint density at radius 1 is 1.44 bits per heavy atom. The topological polar surface area (TPSA) is 28.4 Å². The maximum atomic E-state index is 5.54. The Morgan fingerprint density at radius 2 is 2.22 bits per heavy atom. The Balaban J connectivity index is 1.99. The predicted molar refractivity (Wildman–Crippen MR) is 74.6 cm³/mol. The summed E-state index contributed by atoms with van der Waals surface area (Å²) < 4.78 is 5.54. The fourth-order valence-corrected chi connectivity index (χ4v) is 2.78. The third-order valence-electron chi connectivity index (χ3n) is 4.13. The number of hydrogen-bond donors (Lipinski definition) is 1. The van der Waals surface area contributed by atoms with Crippen LogP contribution in [0, 0.1) is 0 Å². The molecule has 2 heterocycles. The highest BCUT2D eigenvalue weighted by atomic mass is 16.3. The van der Waals surface area contributed by atoms with Gasteiger partial charge in [0.25, 0.3) is 0 Å². The average Bonchev–Trinajstić information content (AvgIpc) is 2.87. The minimum absolute atomic E-state index is 0.391. The molecule has 3 atom stereocenters. The van der Waals surface area contributed by atoms with Gasteiger partial charge in [0.2, 0.25) is 0 Å². The van der Waals surface area contributed by atoms with Crippen LogP contribution in [0.15, 0.2) is 22.8 Å². The number of furan rings is 1. The van der Waals surface area contributed by atoms with Gasteiger partial charge >= 0.3 is 0 Å². The Hall–Kier alpha value is -0.800. The molecule has 102 valence electrons. The van der Waals surface area contributed by atoms with Gasteiger partial charge in [-0.2, -0.15) is 0 Å². The van der Waals surface area contributed by atoms with Crippen LogP contribution >= 0.6 is 0 Å².